The number of benzene rings is 14. The lowest BCUT2D eigenvalue weighted by atomic mass is 9.84. The number of rotatable bonds is 9. The van der Waals surface area contributed by atoms with E-state index in [2.05, 4.69) is 303 Å². The van der Waals surface area contributed by atoms with Gasteiger partial charge in [0.1, 0.15) is 0 Å². The van der Waals surface area contributed by atoms with Crippen molar-refractivity contribution in [2.75, 3.05) is 0 Å². The van der Waals surface area contributed by atoms with Crippen molar-refractivity contribution in [2.24, 2.45) is 0 Å². The Labute approximate surface area is 444 Å². The van der Waals surface area contributed by atoms with Gasteiger partial charge in [-0.2, -0.15) is 0 Å². The lowest BCUT2D eigenvalue weighted by Gasteiger charge is -2.19. The van der Waals surface area contributed by atoms with Gasteiger partial charge in [0.25, 0.3) is 0 Å². The molecular weight excluding hydrogens is 913 g/mol. The van der Waals surface area contributed by atoms with Crippen LogP contribution in [-0.4, -0.2) is 0 Å². The third-order valence-electron chi connectivity index (χ3n) is 15.5. The Morgan fingerprint density at radius 3 is 0.539 bits per heavy atom. The Morgan fingerprint density at radius 2 is 0.276 bits per heavy atom. The molecular formula is C76H50. The molecule has 0 radical (unpaired) electrons. The number of hydrogen-bond donors (Lipinski definition) is 0. The van der Waals surface area contributed by atoms with E-state index in [-0.39, 0.29) is 0 Å². The molecule has 0 aliphatic carbocycles. The molecule has 0 aliphatic heterocycles. The summed E-state index contributed by atoms with van der Waals surface area (Å²) in [5, 5.41) is 9.94. The molecule has 0 fully saturated rings. The monoisotopic (exact) mass is 962 g/mol. The highest BCUT2D eigenvalue weighted by Crippen LogP contribution is 2.48. The summed E-state index contributed by atoms with van der Waals surface area (Å²) in [6.07, 6.45) is 0. The molecule has 0 saturated carbocycles. The van der Waals surface area contributed by atoms with Crippen molar-refractivity contribution >= 4 is 43.1 Å². The molecule has 14 rings (SSSR count). The largest absolute Gasteiger partial charge is 0.0622 e. The molecule has 0 aliphatic rings. The fourth-order valence-corrected chi connectivity index (χ4v) is 11.8. The smallest absolute Gasteiger partial charge is 0.00261 e. The predicted molar refractivity (Wildman–Crippen MR) is 325 cm³/mol. The molecule has 0 amide bonds. The quantitative estimate of drug-likeness (QED) is 0.126. The zero-order chi connectivity index (χ0) is 50.4. The van der Waals surface area contributed by atoms with Gasteiger partial charge in [-0.25, -0.2) is 0 Å². The summed E-state index contributed by atoms with van der Waals surface area (Å²) in [6.45, 7) is 0. The van der Waals surface area contributed by atoms with Crippen LogP contribution in [-0.2, 0) is 0 Å². The van der Waals surface area contributed by atoms with Crippen LogP contribution in [0.4, 0.5) is 0 Å². The Balaban J connectivity index is 0.866. The molecule has 0 spiro atoms. The minimum atomic E-state index is 1.18. The normalized spacial score (nSPS) is 11.4. The van der Waals surface area contributed by atoms with Gasteiger partial charge in [0, 0.05) is 0 Å². The van der Waals surface area contributed by atoms with E-state index in [0.29, 0.717) is 0 Å². The minimum absolute atomic E-state index is 1.18. The van der Waals surface area contributed by atoms with E-state index in [9.17, 15) is 0 Å². The van der Waals surface area contributed by atoms with Crippen LogP contribution in [0.2, 0.25) is 0 Å². The Morgan fingerprint density at radius 1 is 0.105 bits per heavy atom. The molecule has 0 unspecified atom stereocenters. The second-order valence-corrected chi connectivity index (χ2v) is 19.9. The standard InChI is InChI=1S/C76H50/c1-5-17-51(18-6-1)55-29-41-61(42-30-55)75-67-27-15-13-25-65(67)73(69-47-45-63(49-71(69)75)53-21-9-3-10-22-53)59-37-33-57(34-38-59)58-35-39-60(40-36-58)74-66-26-14-16-28-68(66)76(62-43-31-56(32-44-62)52-19-7-2-8-20-52)72-50-64(46-48-70(72)74)54-23-11-4-12-24-54/h1-50H. The first kappa shape index (κ1) is 44.8. The summed E-state index contributed by atoms with van der Waals surface area (Å²) in [7, 11) is 0. The van der Waals surface area contributed by atoms with Crippen LogP contribution in [0.25, 0.3) is 143 Å². The third kappa shape index (κ3) is 8.05. The van der Waals surface area contributed by atoms with Crippen molar-refractivity contribution in [1.29, 1.82) is 0 Å². The Hall–Kier alpha value is -9.88. The highest BCUT2D eigenvalue weighted by atomic mass is 14.2. The molecule has 14 aromatic carbocycles. The van der Waals surface area contributed by atoms with Crippen molar-refractivity contribution < 1.29 is 0 Å². The van der Waals surface area contributed by atoms with Crippen molar-refractivity contribution in [1.82, 2.24) is 0 Å². The summed E-state index contributed by atoms with van der Waals surface area (Å²) in [6, 6.07) is 112. The Kier molecular flexibility index (Phi) is 11.3. The first-order valence-electron chi connectivity index (χ1n) is 26.3. The SMILES string of the molecule is c1ccc(-c2ccc(-c3c4ccccc4c(-c4ccc(-c5ccc(-c6c7ccccc7c(-c7ccc(-c8ccccc8)cc7)c7cc(-c8ccccc8)ccc67)cc5)cc4)c4ccc(-c5ccccc5)cc34)cc2)cc1. The lowest BCUT2D eigenvalue weighted by Crippen LogP contribution is -1.92. The number of hydrogen-bond acceptors (Lipinski definition) is 0. The molecule has 0 aromatic heterocycles. The maximum atomic E-state index is 2.41. The lowest BCUT2D eigenvalue weighted by molar-refractivity contribution is 1.59. The van der Waals surface area contributed by atoms with Gasteiger partial charge in [-0.05, 0) is 155 Å². The summed E-state index contributed by atoms with van der Waals surface area (Å²) in [5.41, 5.74) is 21.9. The van der Waals surface area contributed by atoms with Gasteiger partial charge in [-0.1, -0.05) is 291 Å². The van der Waals surface area contributed by atoms with Crippen LogP contribution in [0.1, 0.15) is 0 Å². The maximum absolute atomic E-state index is 2.41. The van der Waals surface area contributed by atoms with E-state index in [4.69, 9.17) is 0 Å². The van der Waals surface area contributed by atoms with Crippen LogP contribution in [0.5, 0.6) is 0 Å². The van der Waals surface area contributed by atoms with Crippen LogP contribution in [0.3, 0.4) is 0 Å². The van der Waals surface area contributed by atoms with E-state index in [1.165, 1.54) is 143 Å². The van der Waals surface area contributed by atoms with Crippen molar-refractivity contribution in [2.45, 2.75) is 0 Å². The zero-order valence-corrected chi connectivity index (χ0v) is 41.9. The average molecular weight is 963 g/mol. The van der Waals surface area contributed by atoms with Crippen LogP contribution >= 0.6 is 0 Å². The Bertz CT molecular complexity index is 4120. The van der Waals surface area contributed by atoms with Gasteiger partial charge in [0.2, 0.25) is 0 Å². The van der Waals surface area contributed by atoms with E-state index in [0.717, 1.165) is 0 Å². The van der Waals surface area contributed by atoms with E-state index in [1.54, 1.807) is 0 Å². The van der Waals surface area contributed by atoms with Crippen molar-refractivity contribution in [3.05, 3.63) is 303 Å². The summed E-state index contributed by atoms with van der Waals surface area (Å²) in [5.74, 6) is 0. The highest BCUT2D eigenvalue weighted by Gasteiger charge is 2.20. The van der Waals surface area contributed by atoms with Gasteiger partial charge in [-0.15, -0.1) is 0 Å². The van der Waals surface area contributed by atoms with Gasteiger partial charge >= 0.3 is 0 Å². The van der Waals surface area contributed by atoms with E-state index < -0.39 is 0 Å². The first-order chi connectivity index (χ1) is 37.7. The predicted octanol–water partition coefficient (Wildman–Crippen LogP) is 21.3. The van der Waals surface area contributed by atoms with Crippen molar-refractivity contribution in [3.8, 4) is 100 Å². The van der Waals surface area contributed by atoms with Crippen LogP contribution in [0.15, 0.2) is 303 Å². The highest BCUT2D eigenvalue weighted by molar-refractivity contribution is 6.23. The second kappa shape index (κ2) is 19.2. The van der Waals surface area contributed by atoms with E-state index >= 15 is 0 Å². The molecule has 0 bridgehead atoms. The van der Waals surface area contributed by atoms with Crippen LogP contribution in [0, 0.1) is 0 Å². The summed E-state index contributed by atoms with van der Waals surface area (Å²) < 4.78 is 0. The maximum Gasteiger partial charge on any atom is -0.00261 e. The number of fused-ring (bicyclic) bond motifs is 4. The molecule has 14 aromatic rings. The van der Waals surface area contributed by atoms with E-state index in [1.807, 2.05) is 0 Å². The summed E-state index contributed by atoms with van der Waals surface area (Å²) in [4.78, 5) is 0. The summed E-state index contributed by atoms with van der Waals surface area (Å²) >= 11 is 0. The fraction of sp³-hybridized carbons (Fsp3) is 0. The molecule has 76 heavy (non-hydrogen) atoms. The van der Waals surface area contributed by atoms with Gasteiger partial charge < -0.3 is 0 Å². The topological polar surface area (TPSA) is 0 Å². The molecule has 354 valence electrons. The average Bonchev–Trinajstić information content (AvgIpc) is 3.64. The second-order valence-electron chi connectivity index (χ2n) is 19.9. The van der Waals surface area contributed by atoms with Crippen LogP contribution < -0.4 is 0 Å². The van der Waals surface area contributed by atoms with Gasteiger partial charge in [-0.3, -0.25) is 0 Å². The third-order valence-corrected chi connectivity index (χ3v) is 15.5. The molecule has 0 N–H and O–H groups in total. The molecule has 0 nitrogen and oxygen atoms in total. The minimum Gasteiger partial charge on any atom is -0.0622 e. The van der Waals surface area contributed by atoms with Gasteiger partial charge in [0.15, 0.2) is 0 Å². The molecule has 0 heteroatoms. The fourth-order valence-electron chi connectivity index (χ4n) is 11.8. The van der Waals surface area contributed by atoms with Gasteiger partial charge in [0.05, 0.1) is 0 Å². The molecule has 0 atom stereocenters. The van der Waals surface area contributed by atoms with Crippen molar-refractivity contribution in [3.63, 3.8) is 0 Å². The molecule has 0 heterocycles. The first-order valence-corrected chi connectivity index (χ1v) is 26.3. The zero-order valence-electron chi connectivity index (χ0n) is 41.9. The molecule has 0 saturated heterocycles.